The Morgan fingerprint density at radius 1 is 1.27 bits per heavy atom. The van der Waals surface area contributed by atoms with Gasteiger partial charge in [0.15, 0.2) is 0 Å². The molecule has 90 valence electrons. The first kappa shape index (κ1) is 14.4. The summed E-state index contributed by atoms with van der Waals surface area (Å²) >= 11 is 0. The summed E-state index contributed by atoms with van der Waals surface area (Å²) in [6.45, 7) is 4.40. The van der Waals surface area contributed by atoms with Crippen molar-refractivity contribution in [3.63, 3.8) is 0 Å². The highest BCUT2D eigenvalue weighted by Gasteiger charge is 2.30. The van der Waals surface area contributed by atoms with Gasteiger partial charge in [-0.15, -0.1) is 0 Å². The lowest BCUT2D eigenvalue weighted by molar-refractivity contribution is -0.874. The van der Waals surface area contributed by atoms with Crippen molar-refractivity contribution in [2.75, 3.05) is 27.7 Å². The van der Waals surface area contributed by atoms with Gasteiger partial charge in [0.05, 0.1) is 27.1 Å². The van der Waals surface area contributed by atoms with Gasteiger partial charge in [-0.2, -0.15) is 0 Å². The van der Waals surface area contributed by atoms with Gasteiger partial charge in [0.25, 0.3) is 0 Å². The van der Waals surface area contributed by atoms with E-state index in [0.717, 1.165) is 0 Å². The van der Waals surface area contributed by atoms with Crippen LogP contribution in [-0.4, -0.2) is 54.5 Å². The summed E-state index contributed by atoms with van der Waals surface area (Å²) in [7, 11) is 5.83. The second-order valence-corrected chi connectivity index (χ2v) is 5.61. The number of carboxylic acid groups (broad SMARTS) is 1. The smallest absolute Gasteiger partial charge is 0.309 e. The first-order valence-electron chi connectivity index (χ1n) is 5.35. The molecule has 2 atom stereocenters. The Kier molecular flexibility index (Phi) is 5.24. The molecule has 0 saturated carbocycles. The zero-order chi connectivity index (χ0) is 12.2. The molecule has 0 bridgehead atoms. The van der Waals surface area contributed by atoms with Crippen LogP contribution >= 0.6 is 0 Å². The molecular formula is C11H24NO3+. The third-order valence-electron chi connectivity index (χ3n) is 2.24. The van der Waals surface area contributed by atoms with E-state index >= 15 is 0 Å². The SMILES string of the molecule is CC(C)CC(C(=O)O)C(O)C[N+](C)(C)C. The van der Waals surface area contributed by atoms with Gasteiger partial charge in [-0.3, -0.25) is 4.79 Å². The maximum atomic E-state index is 11.0. The number of aliphatic carboxylic acids is 1. The normalized spacial score (nSPS) is 16.5. The van der Waals surface area contributed by atoms with Gasteiger partial charge in [-0.1, -0.05) is 13.8 Å². The minimum atomic E-state index is -0.898. The number of aliphatic hydroxyl groups excluding tert-OH is 1. The third-order valence-corrected chi connectivity index (χ3v) is 2.24. The fourth-order valence-electron chi connectivity index (χ4n) is 1.62. The van der Waals surface area contributed by atoms with E-state index in [1.165, 1.54) is 0 Å². The van der Waals surface area contributed by atoms with Crippen LogP contribution in [0, 0.1) is 11.8 Å². The van der Waals surface area contributed by atoms with Gasteiger partial charge in [0, 0.05) is 0 Å². The molecule has 4 nitrogen and oxygen atoms in total. The summed E-state index contributed by atoms with van der Waals surface area (Å²) in [6.07, 6.45) is -0.249. The van der Waals surface area contributed by atoms with Gasteiger partial charge in [0.2, 0.25) is 0 Å². The minimum Gasteiger partial charge on any atom is -0.481 e. The number of hydrogen-bond acceptors (Lipinski definition) is 2. The largest absolute Gasteiger partial charge is 0.481 e. The molecule has 0 saturated heterocycles. The molecule has 0 aliphatic heterocycles. The van der Waals surface area contributed by atoms with Crippen LogP contribution in [0.15, 0.2) is 0 Å². The van der Waals surface area contributed by atoms with E-state index in [4.69, 9.17) is 5.11 Å². The van der Waals surface area contributed by atoms with E-state index in [0.29, 0.717) is 17.4 Å². The van der Waals surface area contributed by atoms with E-state index < -0.39 is 18.0 Å². The number of rotatable bonds is 6. The maximum Gasteiger partial charge on any atom is 0.309 e. The summed E-state index contributed by atoms with van der Waals surface area (Å²) in [5.41, 5.74) is 0. The Morgan fingerprint density at radius 3 is 2.00 bits per heavy atom. The minimum absolute atomic E-state index is 0.285. The predicted octanol–water partition coefficient (Wildman–Crippen LogP) is 0.800. The third kappa shape index (κ3) is 6.47. The Balaban J connectivity index is 4.42. The molecule has 0 spiro atoms. The zero-order valence-corrected chi connectivity index (χ0v) is 10.4. The van der Waals surface area contributed by atoms with E-state index in [2.05, 4.69) is 0 Å². The topological polar surface area (TPSA) is 57.5 Å². The first-order chi connectivity index (χ1) is 6.63. The van der Waals surface area contributed by atoms with Gasteiger partial charge in [-0.05, 0) is 12.3 Å². The Bertz CT molecular complexity index is 208. The van der Waals surface area contributed by atoms with Crippen molar-refractivity contribution < 1.29 is 19.5 Å². The highest BCUT2D eigenvalue weighted by Crippen LogP contribution is 2.17. The Hall–Kier alpha value is -0.610. The predicted molar refractivity (Wildman–Crippen MR) is 59.5 cm³/mol. The number of nitrogens with zero attached hydrogens (tertiary/aromatic N) is 1. The summed E-state index contributed by atoms with van der Waals surface area (Å²) in [5.74, 6) is -1.26. The molecule has 2 unspecified atom stereocenters. The van der Waals surface area contributed by atoms with Crippen LogP contribution in [0.3, 0.4) is 0 Å². The standard InChI is InChI=1S/C11H23NO3/c1-8(2)6-9(11(14)15)10(13)7-12(3,4)5/h8-10,13H,6-7H2,1-5H3/p+1. The molecule has 0 rings (SSSR count). The monoisotopic (exact) mass is 218 g/mol. The molecule has 0 aromatic carbocycles. The lowest BCUT2D eigenvalue weighted by Gasteiger charge is -2.29. The molecule has 0 aromatic heterocycles. The molecule has 0 fully saturated rings. The number of hydrogen-bond donors (Lipinski definition) is 2. The Morgan fingerprint density at radius 2 is 1.73 bits per heavy atom. The van der Waals surface area contributed by atoms with Gasteiger partial charge < -0.3 is 14.7 Å². The van der Waals surface area contributed by atoms with Crippen molar-refractivity contribution in [3.05, 3.63) is 0 Å². The van der Waals surface area contributed by atoms with Crippen molar-refractivity contribution in [3.8, 4) is 0 Å². The van der Waals surface area contributed by atoms with Crippen molar-refractivity contribution in [1.82, 2.24) is 0 Å². The highest BCUT2D eigenvalue weighted by atomic mass is 16.4. The second-order valence-electron chi connectivity index (χ2n) is 5.61. The van der Waals surface area contributed by atoms with E-state index in [9.17, 15) is 9.90 Å². The summed E-state index contributed by atoms with van der Waals surface area (Å²) in [6, 6.07) is 0. The number of likely N-dealkylation sites (N-methyl/N-ethyl adjacent to an activating group) is 1. The highest BCUT2D eigenvalue weighted by molar-refractivity contribution is 5.70. The van der Waals surface area contributed by atoms with Crippen LogP contribution < -0.4 is 0 Å². The molecule has 0 aliphatic rings. The molecule has 0 aliphatic carbocycles. The number of aliphatic hydroxyl groups is 1. The van der Waals surface area contributed by atoms with Crippen molar-refractivity contribution in [1.29, 1.82) is 0 Å². The number of quaternary nitrogens is 1. The summed E-state index contributed by atoms with van der Waals surface area (Å²) in [4.78, 5) is 11.0. The molecule has 0 heterocycles. The first-order valence-corrected chi connectivity index (χ1v) is 5.35. The fourth-order valence-corrected chi connectivity index (χ4v) is 1.62. The number of carboxylic acids is 1. The van der Waals surface area contributed by atoms with Crippen LogP contribution in [0.5, 0.6) is 0 Å². The van der Waals surface area contributed by atoms with Gasteiger partial charge in [-0.25, -0.2) is 0 Å². The van der Waals surface area contributed by atoms with Crippen LogP contribution in [0.2, 0.25) is 0 Å². The average molecular weight is 218 g/mol. The lowest BCUT2D eigenvalue weighted by atomic mass is 9.91. The van der Waals surface area contributed by atoms with Gasteiger partial charge >= 0.3 is 5.97 Å². The molecule has 15 heavy (non-hydrogen) atoms. The van der Waals surface area contributed by atoms with Gasteiger partial charge in [0.1, 0.15) is 12.6 Å². The second kappa shape index (κ2) is 5.47. The molecular weight excluding hydrogens is 194 g/mol. The van der Waals surface area contributed by atoms with Crippen molar-refractivity contribution in [2.45, 2.75) is 26.4 Å². The van der Waals surface area contributed by atoms with E-state index in [1.807, 2.05) is 35.0 Å². The Labute approximate surface area is 92.1 Å². The molecule has 0 radical (unpaired) electrons. The van der Waals surface area contributed by atoms with Crippen molar-refractivity contribution in [2.24, 2.45) is 11.8 Å². The fraction of sp³-hybridized carbons (Fsp3) is 0.909. The quantitative estimate of drug-likeness (QED) is 0.648. The average Bonchev–Trinajstić information content (AvgIpc) is 1.95. The lowest BCUT2D eigenvalue weighted by Crippen LogP contribution is -2.46. The van der Waals surface area contributed by atoms with Crippen LogP contribution in [-0.2, 0) is 4.79 Å². The van der Waals surface area contributed by atoms with E-state index in [-0.39, 0.29) is 5.92 Å². The van der Waals surface area contributed by atoms with Crippen molar-refractivity contribution >= 4 is 5.97 Å². The molecule has 0 amide bonds. The molecule has 4 heteroatoms. The summed E-state index contributed by atoms with van der Waals surface area (Å²) < 4.78 is 0.572. The maximum absolute atomic E-state index is 11.0. The van der Waals surface area contributed by atoms with Crippen LogP contribution in [0.1, 0.15) is 20.3 Å². The van der Waals surface area contributed by atoms with E-state index in [1.54, 1.807) is 0 Å². The summed E-state index contributed by atoms with van der Waals surface area (Å²) in [5, 5.41) is 18.9. The number of carbonyl (C=O) groups is 1. The zero-order valence-electron chi connectivity index (χ0n) is 10.4. The van der Waals surface area contributed by atoms with Crippen LogP contribution in [0.25, 0.3) is 0 Å². The molecule has 0 aromatic rings. The molecule has 2 N–H and O–H groups in total. The van der Waals surface area contributed by atoms with Crippen LogP contribution in [0.4, 0.5) is 0 Å².